The highest BCUT2D eigenvalue weighted by atomic mass is 19.2. The molecule has 0 amide bonds. The zero-order chi connectivity index (χ0) is 11.6. The Bertz CT molecular complexity index is 353. The molecule has 0 saturated heterocycles. The summed E-state index contributed by atoms with van der Waals surface area (Å²) < 4.78 is 63.4. The van der Waals surface area contributed by atoms with Crippen molar-refractivity contribution in [1.29, 1.82) is 0 Å². The lowest BCUT2D eigenvalue weighted by molar-refractivity contribution is 0.310. The maximum atomic E-state index is 12.9. The van der Waals surface area contributed by atoms with E-state index in [1.807, 2.05) is 5.32 Å². The fraction of sp³-hybridized carbons (Fsp3) is 0.250. The van der Waals surface area contributed by atoms with E-state index < -0.39 is 41.4 Å². The molecule has 0 spiro atoms. The first kappa shape index (κ1) is 11.7. The molecule has 15 heavy (non-hydrogen) atoms. The van der Waals surface area contributed by atoms with Gasteiger partial charge in [-0.3, -0.25) is 0 Å². The van der Waals surface area contributed by atoms with Gasteiger partial charge in [0.1, 0.15) is 5.69 Å². The van der Waals surface area contributed by atoms with Gasteiger partial charge in [0, 0.05) is 6.54 Å². The van der Waals surface area contributed by atoms with E-state index in [1.165, 1.54) is 0 Å². The topological polar surface area (TPSA) is 32.3 Å². The molecular weight excluding hydrogens is 221 g/mol. The van der Waals surface area contributed by atoms with Crippen LogP contribution in [0.3, 0.4) is 0 Å². The van der Waals surface area contributed by atoms with E-state index in [1.54, 1.807) is 0 Å². The molecule has 0 unspecified atom stereocenters. The van der Waals surface area contributed by atoms with Crippen LogP contribution in [0.2, 0.25) is 0 Å². The smallest absolute Gasteiger partial charge is 0.200 e. The third-order valence-electron chi connectivity index (χ3n) is 1.62. The number of benzene rings is 1. The number of anilines is 1. The number of nitrogens with one attached hydrogen (secondary N) is 1. The highest BCUT2D eigenvalue weighted by molar-refractivity contribution is 5.47. The van der Waals surface area contributed by atoms with Crippen molar-refractivity contribution in [3.63, 3.8) is 0 Å². The molecule has 0 saturated carbocycles. The van der Waals surface area contributed by atoms with Crippen LogP contribution in [0.1, 0.15) is 0 Å². The zero-order valence-electron chi connectivity index (χ0n) is 7.25. The van der Waals surface area contributed by atoms with Crippen molar-refractivity contribution < 1.29 is 27.1 Å². The van der Waals surface area contributed by atoms with Gasteiger partial charge in [0.15, 0.2) is 23.3 Å². The monoisotopic (exact) mass is 227 g/mol. The highest BCUT2D eigenvalue weighted by Gasteiger charge is 2.25. The number of rotatable bonds is 3. The normalized spacial score (nSPS) is 10.5. The molecule has 84 valence electrons. The van der Waals surface area contributed by atoms with Gasteiger partial charge >= 0.3 is 0 Å². The van der Waals surface area contributed by atoms with Crippen LogP contribution in [0.25, 0.3) is 0 Å². The molecule has 1 aromatic carbocycles. The minimum atomic E-state index is -2.21. The molecule has 0 bridgehead atoms. The molecule has 0 radical (unpaired) electrons. The minimum absolute atomic E-state index is 0.321. The Labute approximate surface area is 81.3 Å². The van der Waals surface area contributed by atoms with Gasteiger partial charge in [-0.05, 0) is 0 Å². The van der Waals surface area contributed by atoms with Crippen LogP contribution in [0.4, 0.5) is 27.6 Å². The Kier molecular flexibility index (Phi) is 3.46. The molecule has 0 atom stereocenters. The van der Waals surface area contributed by atoms with Gasteiger partial charge in [0.2, 0.25) is 5.82 Å². The Morgan fingerprint density at radius 2 is 1.20 bits per heavy atom. The second-order valence-electron chi connectivity index (χ2n) is 2.60. The van der Waals surface area contributed by atoms with Crippen LogP contribution < -0.4 is 5.32 Å². The Morgan fingerprint density at radius 3 is 1.60 bits per heavy atom. The fourth-order valence-electron chi connectivity index (χ4n) is 0.941. The predicted octanol–water partition coefficient (Wildman–Crippen LogP) is 1.79. The summed E-state index contributed by atoms with van der Waals surface area (Å²) in [6.07, 6.45) is 0. The van der Waals surface area contributed by atoms with Crippen molar-refractivity contribution in [2.45, 2.75) is 0 Å². The van der Waals surface area contributed by atoms with E-state index in [0.717, 1.165) is 0 Å². The quantitative estimate of drug-likeness (QED) is 0.468. The number of hydrogen-bond donors (Lipinski definition) is 2. The van der Waals surface area contributed by atoms with Crippen molar-refractivity contribution >= 4 is 5.69 Å². The third kappa shape index (κ3) is 2.01. The SMILES string of the molecule is OCCNc1c(F)c(F)c(F)c(F)c1F. The molecular formula is C8H6F5NO. The first-order valence-corrected chi connectivity index (χ1v) is 3.86. The molecule has 0 aliphatic rings. The van der Waals surface area contributed by atoms with Crippen molar-refractivity contribution in [2.24, 2.45) is 0 Å². The van der Waals surface area contributed by atoms with Crippen molar-refractivity contribution in [1.82, 2.24) is 0 Å². The predicted molar refractivity (Wildman–Crippen MR) is 41.8 cm³/mol. The van der Waals surface area contributed by atoms with Crippen LogP contribution in [0.15, 0.2) is 0 Å². The number of halogens is 5. The van der Waals surface area contributed by atoms with E-state index >= 15 is 0 Å². The lowest BCUT2D eigenvalue weighted by Crippen LogP contribution is -2.12. The molecule has 0 aliphatic carbocycles. The standard InChI is InChI=1S/C8H6F5NO/c9-3-4(10)6(12)8(14-1-2-15)7(13)5(3)11/h14-15H,1-2H2. The summed E-state index contributed by atoms with van der Waals surface area (Å²) in [4.78, 5) is 0. The van der Waals surface area contributed by atoms with Crippen molar-refractivity contribution in [2.75, 3.05) is 18.5 Å². The van der Waals surface area contributed by atoms with Crippen molar-refractivity contribution in [3.05, 3.63) is 29.1 Å². The van der Waals surface area contributed by atoms with E-state index in [9.17, 15) is 22.0 Å². The molecule has 7 heteroatoms. The Morgan fingerprint density at radius 1 is 0.800 bits per heavy atom. The molecule has 0 aliphatic heterocycles. The van der Waals surface area contributed by atoms with Gasteiger partial charge in [0.05, 0.1) is 6.61 Å². The molecule has 0 heterocycles. The van der Waals surface area contributed by atoms with E-state index in [0.29, 0.717) is 0 Å². The highest BCUT2D eigenvalue weighted by Crippen LogP contribution is 2.26. The molecule has 1 aromatic rings. The Balaban J connectivity index is 3.26. The number of hydrogen-bond acceptors (Lipinski definition) is 2. The van der Waals surface area contributed by atoms with Crippen LogP contribution in [0.5, 0.6) is 0 Å². The lowest BCUT2D eigenvalue weighted by Gasteiger charge is -2.09. The van der Waals surface area contributed by atoms with Crippen molar-refractivity contribution in [3.8, 4) is 0 Å². The summed E-state index contributed by atoms with van der Waals surface area (Å²) in [6.45, 7) is -0.822. The number of aliphatic hydroxyl groups is 1. The average Bonchev–Trinajstić information content (AvgIpc) is 2.24. The molecule has 1 rings (SSSR count). The second kappa shape index (κ2) is 4.43. The average molecular weight is 227 g/mol. The minimum Gasteiger partial charge on any atom is -0.395 e. The van der Waals surface area contributed by atoms with Crippen LogP contribution in [-0.4, -0.2) is 18.3 Å². The first-order valence-electron chi connectivity index (χ1n) is 3.86. The number of aliphatic hydroxyl groups excluding tert-OH is 1. The van der Waals surface area contributed by atoms with Gasteiger partial charge in [-0.1, -0.05) is 0 Å². The second-order valence-corrected chi connectivity index (χ2v) is 2.60. The first-order chi connectivity index (χ1) is 7.00. The van der Waals surface area contributed by atoms with Crippen LogP contribution in [0, 0.1) is 29.1 Å². The summed E-state index contributed by atoms with van der Waals surface area (Å²) in [7, 11) is 0. The van der Waals surface area contributed by atoms with E-state index in [4.69, 9.17) is 5.11 Å². The molecule has 0 fully saturated rings. The van der Waals surface area contributed by atoms with Gasteiger partial charge in [-0.2, -0.15) is 0 Å². The van der Waals surface area contributed by atoms with Gasteiger partial charge < -0.3 is 10.4 Å². The Hall–Kier alpha value is -1.37. The summed E-state index contributed by atoms with van der Waals surface area (Å²) in [5.41, 5.74) is -1.14. The third-order valence-corrected chi connectivity index (χ3v) is 1.62. The summed E-state index contributed by atoms with van der Waals surface area (Å²) in [5, 5.41) is 10.2. The maximum absolute atomic E-state index is 12.9. The van der Waals surface area contributed by atoms with Crippen LogP contribution >= 0.6 is 0 Å². The van der Waals surface area contributed by atoms with Gasteiger partial charge in [-0.15, -0.1) is 0 Å². The largest absolute Gasteiger partial charge is 0.395 e. The molecule has 0 aromatic heterocycles. The van der Waals surface area contributed by atoms with Gasteiger partial charge in [-0.25, -0.2) is 22.0 Å². The van der Waals surface area contributed by atoms with Gasteiger partial charge in [0.25, 0.3) is 0 Å². The molecule has 2 N–H and O–H groups in total. The summed E-state index contributed by atoms with van der Waals surface area (Å²) in [5.74, 6) is -10.1. The van der Waals surface area contributed by atoms with E-state index in [-0.39, 0.29) is 6.54 Å². The summed E-state index contributed by atoms with van der Waals surface area (Å²) >= 11 is 0. The zero-order valence-corrected chi connectivity index (χ0v) is 7.25. The summed E-state index contributed by atoms with van der Waals surface area (Å²) in [6, 6.07) is 0. The van der Waals surface area contributed by atoms with E-state index in [2.05, 4.69) is 0 Å². The maximum Gasteiger partial charge on any atom is 0.200 e. The van der Waals surface area contributed by atoms with Crippen LogP contribution in [-0.2, 0) is 0 Å². The molecule has 2 nitrogen and oxygen atoms in total. The fourth-order valence-corrected chi connectivity index (χ4v) is 0.941. The lowest BCUT2D eigenvalue weighted by atomic mass is 10.2.